The minimum absolute atomic E-state index is 0.158. The minimum atomic E-state index is -3.69. The van der Waals surface area contributed by atoms with Crippen molar-refractivity contribution in [1.82, 2.24) is 4.72 Å². The van der Waals surface area contributed by atoms with Crippen molar-refractivity contribution in [3.05, 3.63) is 72.8 Å². The normalized spacial score (nSPS) is 11.7. The molecule has 0 saturated carbocycles. The van der Waals surface area contributed by atoms with Crippen LogP contribution in [0.1, 0.15) is 12.8 Å². The Labute approximate surface area is 187 Å². The first-order valence-electron chi connectivity index (χ1n) is 9.76. The van der Waals surface area contributed by atoms with Gasteiger partial charge in [0.25, 0.3) is 0 Å². The Morgan fingerprint density at radius 2 is 1.59 bits per heavy atom. The van der Waals surface area contributed by atoms with Gasteiger partial charge >= 0.3 is 5.97 Å². The van der Waals surface area contributed by atoms with E-state index < -0.39 is 27.9 Å². The van der Waals surface area contributed by atoms with Crippen LogP contribution >= 0.6 is 0 Å². The SMILES string of the molecule is COc1cc(NC(=O)CCC(NS(C)(=O)=O)C(=O)O)cc2ccccc12.c1ccccc1. The first kappa shape index (κ1) is 24.8. The number of sulfonamides is 1. The van der Waals surface area contributed by atoms with Gasteiger partial charge in [-0.1, -0.05) is 60.7 Å². The van der Waals surface area contributed by atoms with Gasteiger partial charge in [-0.05, 0) is 17.9 Å². The molecule has 0 spiro atoms. The van der Waals surface area contributed by atoms with Crippen LogP contribution < -0.4 is 14.8 Å². The summed E-state index contributed by atoms with van der Waals surface area (Å²) in [4.78, 5) is 23.2. The molecule has 0 aromatic heterocycles. The highest BCUT2D eigenvalue weighted by Crippen LogP contribution is 2.29. The van der Waals surface area contributed by atoms with E-state index in [1.165, 1.54) is 7.11 Å². The third-order valence-electron chi connectivity index (χ3n) is 4.31. The Morgan fingerprint density at radius 1 is 1.00 bits per heavy atom. The number of anilines is 1. The van der Waals surface area contributed by atoms with Crippen LogP contribution in [0, 0.1) is 0 Å². The smallest absolute Gasteiger partial charge is 0.321 e. The fourth-order valence-corrected chi connectivity index (χ4v) is 3.63. The van der Waals surface area contributed by atoms with Gasteiger partial charge in [0.2, 0.25) is 15.9 Å². The number of hydrogen-bond acceptors (Lipinski definition) is 5. The number of methoxy groups -OCH3 is 1. The zero-order chi connectivity index (χ0) is 23.6. The lowest BCUT2D eigenvalue weighted by Crippen LogP contribution is -2.40. The maximum absolute atomic E-state index is 12.1. The molecule has 0 aliphatic heterocycles. The molecule has 3 aromatic carbocycles. The number of carbonyl (C=O) groups is 2. The van der Waals surface area contributed by atoms with Crippen molar-refractivity contribution in [3.63, 3.8) is 0 Å². The number of nitrogens with one attached hydrogen (secondary N) is 2. The van der Waals surface area contributed by atoms with Gasteiger partial charge in [0.05, 0.1) is 13.4 Å². The maximum atomic E-state index is 12.1. The molecule has 32 heavy (non-hydrogen) atoms. The zero-order valence-electron chi connectivity index (χ0n) is 17.8. The van der Waals surface area contributed by atoms with E-state index in [1.807, 2.05) is 65.4 Å². The number of fused-ring (bicyclic) bond motifs is 1. The molecule has 1 unspecified atom stereocenters. The van der Waals surface area contributed by atoms with Crippen molar-refractivity contribution in [2.45, 2.75) is 18.9 Å². The number of ether oxygens (including phenoxy) is 1. The van der Waals surface area contributed by atoms with E-state index in [9.17, 15) is 18.0 Å². The first-order chi connectivity index (χ1) is 15.2. The Morgan fingerprint density at radius 3 is 2.12 bits per heavy atom. The molecule has 3 aromatic rings. The standard InChI is InChI=1S/C17H20N2O6S.C6H6/c1-25-15-10-12(9-11-5-3-4-6-13(11)15)18-16(20)8-7-14(17(21)22)19-26(2,23)24;1-2-4-6-5-3-1/h3-6,9-10,14,19H,7-8H2,1-2H3,(H,18,20)(H,21,22);1-6H. The van der Waals surface area contributed by atoms with E-state index >= 15 is 0 Å². The topological polar surface area (TPSA) is 122 Å². The lowest BCUT2D eigenvalue weighted by molar-refractivity contribution is -0.139. The zero-order valence-corrected chi connectivity index (χ0v) is 18.6. The predicted octanol–water partition coefficient (Wildman–Crippen LogP) is 3.26. The van der Waals surface area contributed by atoms with Crippen molar-refractivity contribution in [1.29, 1.82) is 0 Å². The summed E-state index contributed by atoms with van der Waals surface area (Å²) in [6.07, 6.45) is 0.540. The molecule has 1 amide bonds. The van der Waals surface area contributed by atoms with E-state index in [2.05, 4.69) is 5.32 Å². The van der Waals surface area contributed by atoms with Crippen LogP contribution in [0.4, 0.5) is 5.69 Å². The molecule has 8 nitrogen and oxygen atoms in total. The third-order valence-corrected chi connectivity index (χ3v) is 5.02. The summed E-state index contributed by atoms with van der Waals surface area (Å²) in [5.41, 5.74) is 0.508. The van der Waals surface area contributed by atoms with Crippen LogP contribution in [0.2, 0.25) is 0 Å². The van der Waals surface area contributed by atoms with E-state index in [1.54, 1.807) is 12.1 Å². The molecule has 0 radical (unpaired) electrons. The summed E-state index contributed by atoms with van der Waals surface area (Å²) in [6.45, 7) is 0. The molecule has 3 N–H and O–H groups in total. The predicted molar refractivity (Wildman–Crippen MR) is 124 cm³/mol. The summed E-state index contributed by atoms with van der Waals surface area (Å²) in [7, 11) is -2.16. The first-order valence-corrected chi connectivity index (χ1v) is 11.7. The molecule has 3 rings (SSSR count). The molecular weight excluding hydrogens is 432 g/mol. The Bertz CT molecular complexity index is 1120. The van der Waals surface area contributed by atoms with Crippen LogP contribution in [0.15, 0.2) is 72.8 Å². The fraction of sp³-hybridized carbons (Fsp3) is 0.217. The molecular formula is C23H26N2O6S. The van der Waals surface area contributed by atoms with Crippen molar-refractivity contribution in [2.24, 2.45) is 0 Å². The number of amides is 1. The van der Waals surface area contributed by atoms with Crippen molar-refractivity contribution in [2.75, 3.05) is 18.7 Å². The largest absolute Gasteiger partial charge is 0.496 e. The summed E-state index contributed by atoms with van der Waals surface area (Å²) >= 11 is 0. The summed E-state index contributed by atoms with van der Waals surface area (Å²) in [5, 5.41) is 13.5. The minimum Gasteiger partial charge on any atom is -0.496 e. The Hall–Kier alpha value is -3.43. The van der Waals surface area contributed by atoms with Gasteiger partial charge in [0, 0.05) is 23.6 Å². The summed E-state index contributed by atoms with van der Waals surface area (Å²) in [5.74, 6) is -1.17. The molecule has 0 bridgehead atoms. The lowest BCUT2D eigenvalue weighted by Gasteiger charge is -2.13. The van der Waals surface area contributed by atoms with Gasteiger partial charge in [-0.2, -0.15) is 0 Å². The molecule has 0 saturated heterocycles. The highest BCUT2D eigenvalue weighted by Gasteiger charge is 2.22. The number of benzene rings is 3. The van der Waals surface area contributed by atoms with Gasteiger partial charge in [0.1, 0.15) is 11.8 Å². The van der Waals surface area contributed by atoms with Gasteiger partial charge in [-0.25, -0.2) is 13.1 Å². The third kappa shape index (κ3) is 8.37. The van der Waals surface area contributed by atoms with Gasteiger partial charge in [0.15, 0.2) is 0 Å². The molecule has 9 heteroatoms. The number of carbonyl (C=O) groups excluding carboxylic acids is 1. The highest BCUT2D eigenvalue weighted by molar-refractivity contribution is 7.88. The monoisotopic (exact) mass is 458 g/mol. The number of rotatable bonds is 8. The Balaban J connectivity index is 0.000000520. The van der Waals surface area contributed by atoms with Crippen LogP contribution in [0.5, 0.6) is 5.75 Å². The second-order valence-corrected chi connectivity index (χ2v) is 8.70. The van der Waals surface area contributed by atoms with Gasteiger partial charge in [-0.15, -0.1) is 0 Å². The number of hydrogen-bond donors (Lipinski definition) is 3. The second kappa shape index (κ2) is 11.8. The van der Waals surface area contributed by atoms with Crippen molar-refractivity contribution in [3.8, 4) is 5.75 Å². The lowest BCUT2D eigenvalue weighted by atomic mass is 10.1. The van der Waals surface area contributed by atoms with Gasteiger partial charge in [-0.3, -0.25) is 9.59 Å². The fourth-order valence-electron chi connectivity index (χ4n) is 2.89. The number of aliphatic carboxylic acids is 1. The molecule has 170 valence electrons. The molecule has 0 fully saturated rings. The molecule has 0 aliphatic carbocycles. The average Bonchev–Trinajstić information content (AvgIpc) is 2.76. The van der Waals surface area contributed by atoms with Crippen molar-refractivity contribution >= 4 is 38.4 Å². The van der Waals surface area contributed by atoms with Crippen LogP contribution in [-0.4, -0.2) is 44.8 Å². The number of carboxylic acid groups (broad SMARTS) is 1. The van der Waals surface area contributed by atoms with Crippen LogP contribution in [0.25, 0.3) is 10.8 Å². The molecule has 0 aliphatic rings. The van der Waals surface area contributed by atoms with E-state index in [-0.39, 0.29) is 12.8 Å². The highest BCUT2D eigenvalue weighted by atomic mass is 32.2. The van der Waals surface area contributed by atoms with Crippen molar-refractivity contribution < 1.29 is 27.9 Å². The maximum Gasteiger partial charge on any atom is 0.321 e. The summed E-state index contributed by atoms with van der Waals surface area (Å²) < 4.78 is 29.7. The molecule has 0 heterocycles. The van der Waals surface area contributed by atoms with E-state index in [4.69, 9.17) is 9.84 Å². The van der Waals surface area contributed by atoms with Crippen LogP contribution in [-0.2, 0) is 19.6 Å². The quantitative estimate of drug-likeness (QED) is 0.476. The van der Waals surface area contributed by atoms with E-state index in [0.29, 0.717) is 11.4 Å². The average molecular weight is 459 g/mol. The van der Waals surface area contributed by atoms with Gasteiger partial charge < -0.3 is 15.2 Å². The van der Waals surface area contributed by atoms with E-state index in [0.717, 1.165) is 17.0 Å². The van der Waals surface area contributed by atoms with Crippen LogP contribution in [0.3, 0.4) is 0 Å². The summed E-state index contributed by atoms with van der Waals surface area (Å²) in [6, 6.07) is 21.6. The molecule has 1 atom stereocenters. The number of carboxylic acids is 1. The second-order valence-electron chi connectivity index (χ2n) is 6.92. The Kier molecular flexibility index (Phi) is 9.18.